The molecular formula is C47H60N12O8S. The molecule has 0 aliphatic carbocycles. The normalized spacial score (nSPS) is 17.8. The number of likely N-dealkylation sites (N-methyl/N-ethyl adjacent to an activating group) is 2. The van der Waals surface area contributed by atoms with Crippen molar-refractivity contribution < 1.29 is 38.2 Å². The summed E-state index contributed by atoms with van der Waals surface area (Å²) >= 11 is 1.59. The number of aromatic nitrogens is 3. The van der Waals surface area contributed by atoms with E-state index < -0.39 is 12.1 Å². The molecule has 1 unspecified atom stereocenters. The van der Waals surface area contributed by atoms with Crippen LogP contribution in [0.1, 0.15) is 75.2 Å². The van der Waals surface area contributed by atoms with E-state index in [1.54, 1.807) is 84.9 Å². The van der Waals surface area contributed by atoms with E-state index in [1.165, 1.54) is 0 Å². The van der Waals surface area contributed by atoms with E-state index in [9.17, 15) is 28.8 Å². The van der Waals surface area contributed by atoms with Crippen LogP contribution in [-0.4, -0.2) is 146 Å². The Labute approximate surface area is 399 Å². The molecule has 2 fully saturated rings. The fourth-order valence-electron chi connectivity index (χ4n) is 8.66. The summed E-state index contributed by atoms with van der Waals surface area (Å²) in [6.07, 6.45) is 7.00. The largest absolute Gasteiger partial charge is 0.495 e. The molecule has 2 saturated heterocycles. The minimum absolute atomic E-state index is 0.0136. The summed E-state index contributed by atoms with van der Waals surface area (Å²) < 4.78 is 11.5. The number of rotatable bonds is 21. The van der Waals surface area contributed by atoms with Gasteiger partial charge >= 0.3 is 0 Å². The fraction of sp³-hybridized carbons (Fsp3) is 0.468. The molecular weight excluding hydrogens is 893 g/mol. The molecule has 0 radical (unpaired) electrons. The lowest BCUT2D eigenvalue weighted by Crippen LogP contribution is -2.52. The van der Waals surface area contributed by atoms with Gasteiger partial charge in [0.25, 0.3) is 5.91 Å². The SMILES string of the molecule is CC[C@@H]1C(=O)N(C)c2cnc(Nc3ccc(C(=O)NC4CCN(CCOCCNCC(=O)Nc5cccc(C=O)c5CN(C)C5CCC(=O)NC5=O)CC4)cc3OC)nc2N1Cc1cnc(C)s1. The Bertz CT molecular complexity index is 2480. The summed E-state index contributed by atoms with van der Waals surface area (Å²) in [5.74, 6) is 0.227. The van der Waals surface area contributed by atoms with Gasteiger partial charge in [0.2, 0.25) is 29.6 Å². The van der Waals surface area contributed by atoms with E-state index >= 15 is 0 Å². The van der Waals surface area contributed by atoms with Gasteiger partial charge in [-0.3, -0.25) is 39.0 Å². The molecule has 2 aromatic heterocycles. The second-order valence-corrected chi connectivity index (χ2v) is 18.4. The molecule has 7 rings (SSSR count). The maximum absolute atomic E-state index is 13.4. The molecule has 0 saturated carbocycles. The summed E-state index contributed by atoms with van der Waals surface area (Å²) in [5.41, 5.74) is 3.13. The number of methoxy groups -OCH3 is 1. The standard InChI is InChI=1S/C47H60N12O8S/c1-6-37-46(65)57(4)39-24-50-47(55-43(39)59(37)26-33-23-49-29(2)68-33)53-36-11-10-30(22-40(36)66-5)44(63)51-32-14-17-58(18-15-32)19-21-67-20-16-48-25-42(62)52-35-9-7-8-31(28-60)34(35)27-56(3)38-12-13-41(61)54-45(38)64/h7-11,22-24,28,32,37-38,48H,6,12-21,25-27H2,1-5H3,(H,51,63)(H,52,62)(H,50,53,55)(H,54,61,64)/t37-,38?/m1/s1. The molecule has 3 aliphatic heterocycles. The Balaban J connectivity index is 0.816. The van der Waals surface area contributed by atoms with Crippen molar-refractivity contribution in [3.05, 3.63) is 75.4 Å². The average Bonchev–Trinajstić information content (AvgIpc) is 3.75. The summed E-state index contributed by atoms with van der Waals surface area (Å²) in [7, 11) is 5.03. The van der Waals surface area contributed by atoms with Gasteiger partial charge < -0.3 is 45.4 Å². The van der Waals surface area contributed by atoms with Gasteiger partial charge in [0, 0.05) is 85.7 Å². The van der Waals surface area contributed by atoms with Gasteiger partial charge in [-0.25, -0.2) is 9.97 Å². The quantitative estimate of drug-likeness (QED) is 0.0459. The zero-order valence-electron chi connectivity index (χ0n) is 39.1. The third kappa shape index (κ3) is 12.2. The number of likely N-dealkylation sites (tertiary alicyclic amines) is 1. The molecule has 4 aromatic rings. The van der Waals surface area contributed by atoms with Crippen molar-refractivity contribution in [2.24, 2.45) is 0 Å². The number of anilines is 5. The van der Waals surface area contributed by atoms with E-state index in [4.69, 9.17) is 14.5 Å². The van der Waals surface area contributed by atoms with Crippen molar-refractivity contribution in [2.75, 3.05) is 87.6 Å². The van der Waals surface area contributed by atoms with Crippen LogP contribution in [0.15, 0.2) is 48.8 Å². The third-order valence-electron chi connectivity index (χ3n) is 12.4. The number of nitrogens with one attached hydrogen (secondary N) is 5. The predicted molar refractivity (Wildman–Crippen MR) is 258 cm³/mol. The number of amides is 5. The Morgan fingerprint density at radius 1 is 1.04 bits per heavy atom. The van der Waals surface area contributed by atoms with Crippen molar-refractivity contribution in [2.45, 2.75) is 77.2 Å². The monoisotopic (exact) mass is 952 g/mol. The number of piperidine rings is 2. The molecule has 21 heteroatoms. The summed E-state index contributed by atoms with van der Waals surface area (Å²) in [4.78, 5) is 98.0. The van der Waals surface area contributed by atoms with E-state index in [0.717, 1.165) is 48.6 Å². The van der Waals surface area contributed by atoms with Crippen LogP contribution in [0.25, 0.3) is 0 Å². The number of aryl methyl sites for hydroxylation is 1. The van der Waals surface area contributed by atoms with Crippen LogP contribution in [0.2, 0.25) is 0 Å². The second-order valence-electron chi connectivity index (χ2n) is 17.0. The smallest absolute Gasteiger partial charge is 0.251 e. The molecule has 68 heavy (non-hydrogen) atoms. The maximum Gasteiger partial charge on any atom is 0.251 e. The zero-order valence-corrected chi connectivity index (χ0v) is 39.9. The molecule has 20 nitrogen and oxygen atoms in total. The van der Waals surface area contributed by atoms with Gasteiger partial charge in [0.1, 0.15) is 23.8 Å². The van der Waals surface area contributed by atoms with Crippen LogP contribution in [-0.2, 0) is 37.0 Å². The lowest BCUT2D eigenvalue weighted by Gasteiger charge is -2.40. The molecule has 5 amide bonds. The molecule has 0 spiro atoms. The summed E-state index contributed by atoms with van der Waals surface area (Å²) in [5, 5.41) is 15.7. The van der Waals surface area contributed by atoms with Gasteiger partial charge in [0.05, 0.1) is 56.3 Å². The Morgan fingerprint density at radius 3 is 2.57 bits per heavy atom. The number of fused-ring (bicyclic) bond motifs is 1. The van der Waals surface area contributed by atoms with Crippen molar-refractivity contribution in [1.29, 1.82) is 0 Å². The highest BCUT2D eigenvalue weighted by molar-refractivity contribution is 7.11. The number of aldehydes is 1. The molecule has 0 bridgehead atoms. The second kappa shape index (κ2) is 23.1. The third-order valence-corrected chi connectivity index (χ3v) is 13.3. The number of thiazole rings is 1. The molecule has 2 aromatic carbocycles. The van der Waals surface area contributed by atoms with Crippen LogP contribution in [0, 0.1) is 6.92 Å². The first-order valence-electron chi connectivity index (χ1n) is 22.9. The minimum atomic E-state index is -0.528. The number of hydrogen-bond donors (Lipinski definition) is 5. The Morgan fingerprint density at radius 2 is 1.85 bits per heavy atom. The van der Waals surface area contributed by atoms with Gasteiger partial charge in [-0.2, -0.15) is 4.98 Å². The van der Waals surface area contributed by atoms with E-state index in [1.807, 2.05) is 24.9 Å². The van der Waals surface area contributed by atoms with Crippen molar-refractivity contribution in [3.8, 4) is 5.75 Å². The van der Waals surface area contributed by atoms with E-state index in [0.29, 0.717) is 90.4 Å². The fourth-order valence-corrected chi connectivity index (χ4v) is 9.45. The number of hydrogen-bond acceptors (Lipinski definition) is 17. The van der Waals surface area contributed by atoms with Crippen molar-refractivity contribution in [1.82, 2.24) is 40.7 Å². The summed E-state index contributed by atoms with van der Waals surface area (Å²) in [6, 6.07) is 9.35. The number of carbonyl (C=O) groups excluding carboxylic acids is 6. The first kappa shape index (κ1) is 49.5. The topological polar surface area (TPSA) is 233 Å². The number of benzene rings is 2. The van der Waals surface area contributed by atoms with Gasteiger partial charge in [0.15, 0.2) is 5.82 Å². The summed E-state index contributed by atoms with van der Waals surface area (Å²) in [6.45, 7) is 8.42. The van der Waals surface area contributed by atoms with Crippen LogP contribution < -0.4 is 41.1 Å². The first-order valence-corrected chi connectivity index (χ1v) is 23.7. The first-order chi connectivity index (χ1) is 32.8. The lowest BCUT2D eigenvalue weighted by molar-refractivity contribution is -0.137. The van der Waals surface area contributed by atoms with Gasteiger partial charge in [-0.1, -0.05) is 19.1 Å². The zero-order chi connectivity index (χ0) is 48.3. The predicted octanol–water partition coefficient (Wildman–Crippen LogP) is 3.24. The van der Waals surface area contributed by atoms with E-state index in [2.05, 4.69) is 41.5 Å². The maximum atomic E-state index is 13.4. The van der Waals surface area contributed by atoms with Crippen molar-refractivity contribution in [3.63, 3.8) is 0 Å². The number of ether oxygens (including phenoxy) is 2. The highest BCUT2D eigenvalue weighted by Gasteiger charge is 2.38. The highest BCUT2D eigenvalue weighted by atomic mass is 32.1. The molecule has 362 valence electrons. The van der Waals surface area contributed by atoms with Crippen LogP contribution >= 0.6 is 11.3 Å². The van der Waals surface area contributed by atoms with Crippen LogP contribution in [0.5, 0.6) is 5.75 Å². The number of carbonyl (C=O) groups is 6. The van der Waals surface area contributed by atoms with Crippen molar-refractivity contribution >= 4 is 76.0 Å². The Kier molecular flexibility index (Phi) is 16.8. The average molecular weight is 953 g/mol. The molecule has 3 aliphatic rings. The number of nitrogens with zero attached hydrogens (tertiary/aromatic N) is 7. The highest BCUT2D eigenvalue weighted by Crippen LogP contribution is 2.38. The van der Waals surface area contributed by atoms with Gasteiger partial charge in [-0.05, 0) is 63.9 Å². The van der Waals surface area contributed by atoms with Crippen LogP contribution in [0.4, 0.5) is 28.8 Å². The Hall–Kier alpha value is -6.39. The molecule has 2 atom stereocenters. The number of imide groups is 1. The minimum Gasteiger partial charge on any atom is -0.495 e. The molecule has 5 heterocycles. The van der Waals surface area contributed by atoms with E-state index in [-0.39, 0.29) is 55.1 Å². The molecule has 5 N–H and O–H groups in total. The van der Waals surface area contributed by atoms with Crippen LogP contribution in [0.3, 0.4) is 0 Å². The lowest BCUT2D eigenvalue weighted by atomic mass is 10.0. The van der Waals surface area contributed by atoms with Gasteiger partial charge in [-0.15, -0.1) is 11.3 Å².